The Morgan fingerprint density at radius 3 is 2.50 bits per heavy atom. The topological polar surface area (TPSA) is 57.7 Å². The molecule has 2 rings (SSSR count). The maximum Gasteiger partial charge on any atom is 0.363 e. The molecule has 0 aliphatic rings. The molecule has 0 amide bonds. The Bertz CT molecular complexity index is 773. The lowest BCUT2D eigenvalue weighted by atomic mass is 10.0. The van der Waals surface area contributed by atoms with Crippen LogP contribution in [0.5, 0.6) is 0 Å². The van der Waals surface area contributed by atoms with E-state index < -0.39 is 7.60 Å². The zero-order valence-electron chi connectivity index (χ0n) is 15.8. The fourth-order valence-corrected chi connectivity index (χ4v) is 5.27. The van der Waals surface area contributed by atoms with Crippen molar-refractivity contribution in [2.24, 2.45) is 5.92 Å². The molecule has 7 heteroatoms. The van der Waals surface area contributed by atoms with Crippen molar-refractivity contribution < 1.29 is 18.3 Å². The third-order valence-corrected chi connectivity index (χ3v) is 6.62. The molecule has 0 radical (unpaired) electrons. The Hall–Kier alpha value is -0.780. The predicted molar refractivity (Wildman–Crippen MR) is 109 cm³/mol. The number of pyridine rings is 1. The fourth-order valence-electron chi connectivity index (χ4n) is 2.85. The predicted octanol–water partition coefficient (Wildman–Crippen LogP) is 5.10. The van der Waals surface area contributed by atoms with Crippen LogP contribution in [0.2, 0.25) is 0 Å². The third-order valence-electron chi connectivity index (χ3n) is 4.03. The number of hydrogen-bond acceptors (Lipinski definition) is 5. The van der Waals surface area contributed by atoms with Crippen LogP contribution in [0.3, 0.4) is 0 Å². The maximum absolute atomic E-state index is 13.3. The van der Waals surface area contributed by atoms with Gasteiger partial charge in [0.25, 0.3) is 0 Å². The van der Waals surface area contributed by atoms with E-state index in [9.17, 15) is 4.57 Å². The average molecular weight is 444 g/mol. The number of benzene rings is 1. The molecule has 1 aromatic heterocycles. The van der Waals surface area contributed by atoms with E-state index in [-0.39, 0.29) is 0 Å². The van der Waals surface area contributed by atoms with Crippen LogP contribution < -0.4 is 5.30 Å². The molecule has 0 bridgehead atoms. The smallest absolute Gasteiger partial charge is 0.363 e. The summed E-state index contributed by atoms with van der Waals surface area (Å²) in [6, 6.07) is 7.78. The number of hydrogen-bond donors (Lipinski definition) is 0. The molecule has 1 unspecified atom stereocenters. The quantitative estimate of drug-likeness (QED) is 0.477. The van der Waals surface area contributed by atoms with Crippen LogP contribution >= 0.6 is 23.5 Å². The summed E-state index contributed by atoms with van der Waals surface area (Å²) in [5.74, 6) is 0.458. The van der Waals surface area contributed by atoms with Crippen molar-refractivity contribution in [1.29, 1.82) is 0 Å². The molecule has 5 nitrogen and oxygen atoms in total. The largest absolute Gasteiger partial charge is 0.384 e. The lowest BCUT2D eigenvalue weighted by molar-refractivity contribution is 0.156. The molecule has 2 aromatic rings. The summed E-state index contributed by atoms with van der Waals surface area (Å²) in [6.45, 7) is 7.12. The van der Waals surface area contributed by atoms with Gasteiger partial charge in [0.2, 0.25) is 0 Å². The van der Waals surface area contributed by atoms with Gasteiger partial charge in [0.15, 0.2) is 0 Å². The summed E-state index contributed by atoms with van der Waals surface area (Å²) in [5.41, 5.74) is 1.64. The normalized spacial score (nSPS) is 13.3. The molecule has 0 aliphatic heterocycles. The molecule has 0 aliphatic carbocycles. The van der Waals surface area contributed by atoms with Crippen LogP contribution in [0.4, 0.5) is 0 Å². The van der Waals surface area contributed by atoms with E-state index in [1.54, 1.807) is 13.2 Å². The SMILES string of the molecule is CCOP(=O)(OCC)c1cc(Br)cc2ccc(CCC(C)COC)nc12. The summed E-state index contributed by atoms with van der Waals surface area (Å²) in [4.78, 5) is 4.79. The van der Waals surface area contributed by atoms with E-state index in [0.29, 0.717) is 30.0 Å². The highest BCUT2D eigenvalue weighted by atomic mass is 79.9. The Labute approximate surface area is 164 Å². The van der Waals surface area contributed by atoms with E-state index in [4.69, 9.17) is 18.8 Å². The number of methoxy groups -OCH3 is 1. The minimum absolute atomic E-state index is 0.305. The van der Waals surface area contributed by atoms with Crippen molar-refractivity contribution in [3.63, 3.8) is 0 Å². The number of rotatable bonds is 10. The van der Waals surface area contributed by atoms with E-state index in [1.807, 2.05) is 32.0 Å². The van der Waals surface area contributed by atoms with E-state index >= 15 is 0 Å². The summed E-state index contributed by atoms with van der Waals surface area (Å²) in [6.07, 6.45) is 1.82. The first-order chi connectivity index (χ1) is 12.4. The highest BCUT2D eigenvalue weighted by Crippen LogP contribution is 2.48. The molecule has 0 N–H and O–H groups in total. The molecule has 0 saturated carbocycles. The number of aromatic nitrogens is 1. The average Bonchev–Trinajstić information content (AvgIpc) is 2.60. The lowest BCUT2D eigenvalue weighted by Gasteiger charge is -2.19. The van der Waals surface area contributed by atoms with Gasteiger partial charge in [0, 0.05) is 29.3 Å². The zero-order valence-corrected chi connectivity index (χ0v) is 18.3. The molecule has 1 atom stereocenters. The van der Waals surface area contributed by atoms with Crippen molar-refractivity contribution in [3.8, 4) is 0 Å². The number of halogens is 1. The second-order valence-electron chi connectivity index (χ2n) is 6.23. The van der Waals surface area contributed by atoms with Crippen molar-refractivity contribution in [2.45, 2.75) is 33.6 Å². The lowest BCUT2D eigenvalue weighted by Crippen LogP contribution is -2.14. The minimum Gasteiger partial charge on any atom is -0.384 e. The third kappa shape index (κ3) is 5.37. The standard InChI is InChI=1S/C19H27BrNO4P/c1-5-24-26(22,25-6-2)18-12-16(20)11-15-8-10-17(21-19(15)18)9-7-14(3)13-23-4/h8,10-12,14H,5-7,9,13H2,1-4H3. The van der Waals surface area contributed by atoms with Gasteiger partial charge in [-0.3, -0.25) is 9.55 Å². The van der Waals surface area contributed by atoms with Crippen molar-refractivity contribution in [1.82, 2.24) is 4.98 Å². The Morgan fingerprint density at radius 2 is 1.88 bits per heavy atom. The molecule has 144 valence electrons. The zero-order chi connectivity index (χ0) is 19.2. The minimum atomic E-state index is -3.43. The van der Waals surface area contributed by atoms with Crippen molar-refractivity contribution in [2.75, 3.05) is 26.9 Å². The summed E-state index contributed by atoms with van der Waals surface area (Å²) >= 11 is 3.49. The molecular weight excluding hydrogens is 417 g/mol. The van der Waals surface area contributed by atoms with Crippen LogP contribution in [0.1, 0.15) is 32.9 Å². The summed E-state index contributed by atoms with van der Waals surface area (Å²) in [7, 11) is -1.71. The summed E-state index contributed by atoms with van der Waals surface area (Å²) < 4.78 is 30.4. The second-order valence-corrected chi connectivity index (χ2v) is 9.14. The van der Waals surface area contributed by atoms with E-state index in [0.717, 1.165) is 35.0 Å². The van der Waals surface area contributed by atoms with Gasteiger partial charge >= 0.3 is 7.60 Å². The number of ether oxygens (including phenoxy) is 1. The molecular formula is C19H27BrNO4P. The van der Waals surface area contributed by atoms with Gasteiger partial charge in [0.1, 0.15) is 0 Å². The van der Waals surface area contributed by atoms with Gasteiger partial charge in [0.05, 0.1) is 24.0 Å². The van der Waals surface area contributed by atoms with Crippen molar-refractivity contribution in [3.05, 3.63) is 34.4 Å². The van der Waals surface area contributed by atoms with Crippen LogP contribution in [-0.2, 0) is 24.8 Å². The van der Waals surface area contributed by atoms with E-state index in [2.05, 4.69) is 22.9 Å². The molecule has 0 spiro atoms. The Kier molecular flexibility index (Phi) is 8.24. The van der Waals surface area contributed by atoms with Crippen LogP contribution in [0.15, 0.2) is 28.7 Å². The monoisotopic (exact) mass is 443 g/mol. The van der Waals surface area contributed by atoms with Crippen LogP contribution in [-0.4, -0.2) is 31.9 Å². The second kappa shape index (κ2) is 9.95. The fraction of sp³-hybridized carbons (Fsp3) is 0.526. The molecule has 26 heavy (non-hydrogen) atoms. The number of nitrogens with zero attached hydrogens (tertiary/aromatic N) is 1. The molecule has 0 fully saturated rings. The first kappa shape index (κ1) is 21.5. The Balaban J connectivity index is 2.45. The van der Waals surface area contributed by atoms with Crippen LogP contribution in [0.25, 0.3) is 10.9 Å². The first-order valence-corrected chi connectivity index (χ1v) is 11.2. The highest BCUT2D eigenvalue weighted by molar-refractivity contribution is 9.10. The van der Waals surface area contributed by atoms with Crippen molar-refractivity contribution >= 4 is 39.7 Å². The van der Waals surface area contributed by atoms with Gasteiger partial charge < -0.3 is 13.8 Å². The first-order valence-electron chi connectivity index (χ1n) is 8.91. The Morgan fingerprint density at radius 1 is 1.19 bits per heavy atom. The number of aryl methyl sites for hydroxylation is 1. The van der Waals surface area contributed by atoms with Gasteiger partial charge in [-0.25, -0.2) is 0 Å². The highest BCUT2D eigenvalue weighted by Gasteiger charge is 2.30. The molecule has 1 aromatic carbocycles. The number of fused-ring (bicyclic) bond motifs is 1. The van der Waals surface area contributed by atoms with E-state index in [1.165, 1.54) is 0 Å². The van der Waals surface area contributed by atoms with Gasteiger partial charge in [-0.15, -0.1) is 0 Å². The van der Waals surface area contributed by atoms with Crippen LogP contribution in [0, 0.1) is 5.92 Å². The van der Waals surface area contributed by atoms with Gasteiger partial charge in [-0.1, -0.05) is 28.9 Å². The maximum atomic E-state index is 13.3. The van der Waals surface area contributed by atoms with Gasteiger partial charge in [-0.05, 0) is 50.8 Å². The van der Waals surface area contributed by atoms with Gasteiger partial charge in [-0.2, -0.15) is 0 Å². The molecule has 0 saturated heterocycles. The summed E-state index contributed by atoms with van der Waals surface area (Å²) in [5, 5.41) is 1.42. The molecule has 1 heterocycles.